The average molecular weight is 240 g/mol. The lowest BCUT2D eigenvalue weighted by Gasteiger charge is -2.17. The molecular formula is C16H20N2. The van der Waals surface area contributed by atoms with Crippen LogP contribution in [0.15, 0.2) is 48.8 Å². The first-order valence-electron chi connectivity index (χ1n) is 6.55. The summed E-state index contributed by atoms with van der Waals surface area (Å²) in [4.78, 5) is 4.20. The number of nitrogens with zero attached hydrogens (tertiary/aromatic N) is 1. The minimum atomic E-state index is 0.362. The van der Waals surface area contributed by atoms with Crippen LogP contribution in [0, 0.1) is 0 Å². The van der Waals surface area contributed by atoms with Gasteiger partial charge in [0.05, 0.1) is 0 Å². The maximum Gasteiger partial charge on any atom is 0.0346 e. The smallest absolute Gasteiger partial charge is 0.0346 e. The quantitative estimate of drug-likeness (QED) is 0.859. The van der Waals surface area contributed by atoms with Crippen LogP contribution < -0.4 is 5.32 Å². The standard InChI is InChI=1S/C16H20N2/c1-3-10-18-13(2)15-8-4-5-9-16(15)14-7-6-11-17-12-14/h4-9,11-13,18H,3,10H2,1-2H3. The molecule has 2 rings (SSSR count). The van der Waals surface area contributed by atoms with Crippen LogP contribution in [0.1, 0.15) is 31.9 Å². The molecule has 0 saturated carbocycles. The van der Waals surface area contributed by atoms with Gasteiger partial charge in [-0.15, -0.1) is 0 Å². The van der Waals surface area contributed by atoms with E-state index in [1.165, 1.54) is 16.7 Å². The van der Waals surface area contributed by atoms with E-state index in [-0.39, 0.29) is 0 Å². The minimum absolute atomic E-state index is 0.362. The van der Waals surface area contributed by atoms with E-state index in [4.69, 9.17) is 0 Å². The summed E-state index contributed by atoms with van der Waals surface area (Å²) in [6.45, 7) is 5.44. The fourth-order valence-electron chi connectivity index (χ4n) is 2.13. The van der Waals surface area contributed by atoms with Crippen molar-refractivity contribution in [2.75, 3.05) is 6.54 Å². The molecule has 2 aromatic rings. The number of hydrogen-bond donors (Lipinski definition) is 1. The van der Waals surface area contributed by atoms with Crippen LogP contribution in [0.2, 0.25) is 0 Å². The van der Waals surface area contributed by atoms with Crippen molar-refractivity contribution in [1.82, 2.24) is 10.3 Å². The summed E-state index contributed by atoms with van der Waals surface area (Å²) in [5.74, 6) is 0. The van der Waals surface area contributed by atoms with E-state index in [2.05, 4.69) is 54.5 Å². The monoisotopic (exact) mass is 240 g/mol. The molecule has 0 radical (unpaired) electrons. The van der Waals surface area contributed by atoms with Gasteiger partial charge in [0.15, 0.2) is 0 Å². The second kappa shape index (κ2) is 6.31. The van der Waals surface area contributed by atoms with Crippen molar-refractivity contribution in [1.29, 1.82) is 0 Å². The second-order valence-electron chi connectivity index (χ2n) is 4.50. The maximum atomic E-state index is 4.20. The molecule has 18 heavy (non-hydrogen) atoms. The van der Waals surface area contributed by atoms with E-state index in [0.29, 0.717) is 6.04 Å². The molecule has 2 nitrogen and oxygen atoms in total. The summed E-state index contributed by atoms with van der Waals surface area (Å²) in [6.07, 6.45) is 4.88. The summed E-state index contributed by atoms with van der Waals surface area (Å²) < 4.78 is 0. The van der Waals surface area contributed by atoms with Gasteiger partial charge in [0, 0.05) is 24.0 Å². The Morgan fingerprint density at radius 3 is 2.72 bits per heavy atom. The predicted octanol–water partition coefficient (Wildman–Crippen LogP) is 3.81. The van der Waals surface area contributed by atoms with Gasteiger partial charge in [-0.2, -0.15) is 0 Å². The van der Waals surface area contributed by atoms with Crippen molar-refractivity contribution in [3.05, 3.63) is 54.4 Å². The number of nitrogens with one attached hydrogen (secondary N) is 1. The third-order valence-corrected chi connectivity index (χ3v) is 3.10. The number of rotatable bonds is 5. The number of aromatic nitrogens is 1. The lowest BCUT2D eigenvalue weighted by molar-refractivity contribution is 0.571. The summed E-state index contributed by atoms with van der Waals surface area (Å²) >= 11 is 0. The van der Waals surface area contributed by atoms with Gasteiger partial charge >= 0.3 is 0 Å². The summed E-state index contributed by atoms with van der Waals surface area (Å²) in [7, 11) is 0. The molecule has 0 saturated heterocycles. The fraction of sp³-hybridized carbons (Fsp3) is 0.312. The first kappa shape index (κ1) is 12.8. The zero-order chi connectivity index (χ0) is 12.8. The molecular weight excluding hydrogens is 220 g/mol. The van der Waals surface area contributed by atoms with Gasteiger partial charge in [-0.25, -0.2) is 0 Å². The third kappa shape index (κ3) is 2.96. The van der Waals surface area contributed by atoms with Crippen LogP contribution in [-0.4, -0.2) is 11.5 Å². The zero-order valence-electron chi connectivity index (χ0n) is 11.1. The van der Waals surface area contributed by atoms with Crippen LogP contribution in [0.4, 0.5) is 0 Å². The summed E-state index contributed by atoms with van der Waals surface area (Å²) in [5.41, 5.74) is 3.78. The predicted molar refractivity (Wildman–Crippen MR) is 76.4 cm³/mol. The van der Waals surface area contributed by atoms with E-state index in [1.54, 1.807) is 0 Å². The van der Waals surface area contributed by atoms with Crippen LogP contribution >= 0.6 is 0 Å². The molecule has 0 spiro atoms. The molecule has 1 N–H and O–H groups in total. The van der Waals surface area contributed by atoms with Crippen molar-refractivity contribution < 1.29 is 0 Å². The van der Waals surface area contributed by atoms with Gasteiger partial charge in [-0.3, -0.25) is 4.98 Å². The van der Waals surface area contributed by atoms with Gasteiger partial charge in [0.2, 0.25) is 0 Å². The van der Waals surface area contributed by atoms with Gasteiger partial charge in [0.1, 0.15) is 0 Å². The molecule has 0 fully saturated rings. The maximum absolute atomic E-state index is 4.20. The highest BCUT2D eigenvalue weighted by Crippen LogP contribution is 2.27. The normalized spacial score (nSPS) is 12.3. The fourth-order valence-corrected chi connectivity index (χ4v) is 2.13. The van der Waals surface area contributed by atoms with Crippen molar-refractivity contribution in [3.8, 4) is 11.1 Å². The van der Waals surface area contributed by atoms with Crippen LogP contribution in [0.3, 0.4) is 0 Å². The van der Waals surface area contributed by atoms with Crippen molar-refractivity contribution >= 4 is 0 Å². The van der Waals surface area contributed by atoms with Gasteiger partial charge in [-0.05, 0) is 37.1 Å². The molecule has 2 heteroatoms. The summed E-state index contributed by atoms with van der Waals surface area (Å²) in [6, 6.07) is 13.0. The molecule has 0 aliphatic heterocycles. The Kier molecular flexibility index (Phi) is 4.48. The van der Waals surface area contributed by atoms with Crippen LogP contribution in [-0.2, 0) is 0 Å². The second-order valence-corrected chi connectivity index (χ2v) is 4.50. The van der Waals surface area contributed by atoms with E-state index in [9.17, 15) is 0 Å². The van der Waals surface area contributed by atoms with Crippen molar-refractivity contribution in [3.63, 3.8) is 0 Å². The van der Waals surface area contributed by atoms with Crippen LogP contribution in [0.25, 0.3) is 11.1 Å². The Hall–Kier alpha value is -1.67. The Morgan fingerprint density at radius 2 is 2.00 bits per heavy atom. The van der Waals surface area contributed by atoms with E-state index in [1.807, 2.05) is 18.5 Å². The average Bonchev–Trinajstić information content (AvgIpc) is 2.45. The highest BCUT2D eigenvalue weighted by molar-refractivity contribution is 5.66. The Balaban J connectivity index is 2.31. The van der Waals surface area contributed by atoms with E-state index in [0.717, 1.165) is 13.0 Å². The molecule has 1 atom stereocenters. The van der Waals surface area contributed by atoms with Crippen molar-refractivity contribution in [2.45, 2.75) is 26.3 Å². The van der Waals surface area contributed by atoms with Gasteiger partial charge < -0.3 is 5.32 Å². The number of benzene rings is 1. The lowest BCUT2D eigenvalue weighted by atomic mass is 9.96. The molecule has 1 heterocycles. The molecule has 0 aliphatic rings. The largest absolute Gasteiger partial charge is 0.310 e. The Morgan fingerprint density at radius 1 is 1.17 bits per heavy atom. The first-order chi connectivity index (χ1) is 8.83. The molecule has 1 aromatic heterocycles. The molecule has 94 valence electrons. The number of pyridine rings is 1. The molecule has 1 aromatic carbocycles. The number of hydrogen-bond acceptors (Lipinski definition) is 2. The highest BCUT2D eigenvalue weighted by atomic mass is 14.9. The lowest BCUT2D eigenvalue weighted by Crippen LogP contribution is -2.19. The molecule has 0 bridgehead atoms. The van der Waals surface area contributed by atoms with Gasteiger partial charge in [0.25, 0.3) is 0 Å². The van der Waals surface area contributed by atoms with E-state index < -0.39 is 0 Å². The SMILES string of the molecule is CCCNC(C)c1ccccc1-c1cccnc1. The Bertz CT molecular complexity index is 479. The molecule has 1 unspecified atom stereocenters. The van der Waals surface area contributed by atoms with Crippen LogP contribution in [0.5, 0.6) is 0 Å². The minimum Gasteiger partial charge on any atom is -0.310 e. The third-order valence-electron chi connectivity index (χ3n) is 3.10. The topological polar surface area (TPSA) is 24.9 Å². The van der Waals surface area contributed by atoms with Crippen molar-refractivity contribution in [2.24, 2.45) is 0 Å². The van der Waals surface area contributed by atoms with Gasteiger partial charge in [-0.1, -0.05) is 37.3 Å². The first-order valence-corrected chi connectivity index (χ1v) is 6.55. The Labute approximate surface area is 109 Å². The molecule has 0 aliphatic carbocycles. The van der Waals surface area contributed by atoms with E-state index >= 15 is 0 Å². The zero-order valence-corrected chi connectivity index (χ0v) is 11.1. The highest BCUT2D eigenvalue weighted by Gasteiger charge is 2.10. The molecule has 0 amide bonds. The summed E-state index contributed by atoms with van der Waals surface area (Å²) in [5, 5.41) is 3.54.